The van der Waals surface area contributed by atoms with E-state index in [1.165, 1.54) is 32.1 Å². The van der Waals surface area contributed by atoms with Crippen molar-refractivity contribution < 1.29 is 9.22 Å². The van der Waals surface area contributed by atoms with Gasteiger partial charge in [0.2, 0.25) is 0 Å². The second-order valence-electron chi connectivity index (χ2n) is 11.8. The molecule has 3 fully saturated rings. The van der Waals surface area contributed by atoms with Crippen molar-refractivity contribution in [2.45, 2.75) is 105 Å². The van der Waals surface area contributed by atoms with Gasteiger partial charge in [0, 0.05) is 4.11 Å². The molecule has 0 aromatic heterocycles. The fourth-order valence-corrected chi connectivity index (χ4v) is 8.45. The normalized spacial score (nSPS) is 48.1. The number of hydrogen-bond donors (Lipinski definition) is 1. The molecule has 0 spiro atoms. The van der Waals surface area contributed by atoms with Gasteiger partial charge in [0.15, 0.2) is 0 Å². The maximum Gasteiger partial charge on any atom is 0.0577 e. The SMILES string of the molecule is [2H]C([2H])([2H])C(C)C(=C)CC[C@@H](C)[C@H]1CC[C@H]2[C@@H]3CC=C4C[C@@H](O)CC[C@]4(C)[C@H]3CC[C@]12C. The zero-order valence-corrected chi connectivity index (χ0v) is 19.3. The van der Waals surface area contributed by atoms with E-state index in [9.17, 15) is 5.11 Å². The van der Waals surface area contributed by atoms with Gasteiger partial charge in [-0.25, -0.2) is 0 Å². The van der Waals surface area contributed by atoms with Gasteiger partial charge in [-0.1, -0.05) is 58.3 Å². The molecule has 3 saturated carbocycles. The van der Waals surface area contributed by atoms with Gasteiger partial charge in [-0.2, -0.15) is 0 Å². The third-order valence-corrected chi connectivity index (χ3v) is 10.4. The summed E-state index contributed by atoms with van der Waals surface area (Å²) in [6.07, 6.45) is 13.9. The van der Waals surface area contributed by atoms with Crippen molar-refractivity contribution >= 4 is 0 Å². The summed E-state index contributed by atoms with van der Waals surface area (Å²) in [5.74, 6) is 3.38. The maximum absolute atomic E-state index is 10.2. The summed E-state index contributed by atoms with van der Waals surface area (Å²) in [6, 6.07) is 0. The molecule has 0 radical (unpaired) electrons. The van der Waals surface area contributed by atoms with Gasteiger partial charge in [-0.3, -0.25) is 0 Å². The van der Waals surface area contributed by atoms with Crippen molar-refractivity contribution in [1.29, 1.82) is 0 Å². The minimum Gasteiger partial charge on any atom is -0.393 e. The van der Waals surface area contributed by atoms with Crippen LogP contribution in [0.2, 0.25) is 0 Å². The van der Waals surface area contributed by atoms with Crippen LogP contribution >= 0.6 is 0 Å². The first-order valence-electron chi connectivity index (χ1n) is 13.9. The Kier molecular flexibility index (Phi) is 4.89. The van der Waals surface area contributed by atoms with E-state index in [2.05, 4.69) is 33.4 Å². The average molecular weight is 402 g/mol. The van der Waals surface area contributed by atoms with E-state index in [0.717, 1.165) is 61.3 Å². The Balaban J connectivity index is 1.44. The van der Waals surface area contributed by atoms with E-state index in [1.807, 2.05) is 6.92 Å². The highest BCUT2D eigenvalue weighted by molar-refractivity contribution is 5.25. The summed E-state index contributed by atoms with van der Waals surface area (Å²) >= 11 is 0. The Morgan fingerprint density at radius 3 is 2.76 bits per heavy atom. The average Bonchev–Trinajstić information content (AvgIpc) is 3.08. The van der Waals surface area contributed by atoms with Crippen molar-refractivity contribution in [2.24, 2.45) is 46.3 Å². The van der Waals surface area contributed by atoms with Gasteiger partial charge < -0.3 is 5.11 Å². The van der Waals surface area contributed by atoms with Crippen LogP contribution < -0.4 is 0 Å². The third kappa shape index (κ3) is 3.58. The molecule has 4 aliphatic carbocycles. The number of aliphatic hydroxyl groups excluding tert-OH is 1. The first kappa shape index (κ1) is 18.1. The van der Waals surface area contributed by atoms with Crippen LogP contribution in [0.5, 0.6) is 0 Å². The number of fused-ring (bicyclic) bond motifs is 5. The molecule has 9 atom stereocenters. The lowest BCUT2D eigenvalue weighted by molar-refractivity contribution is -0.0571. The van der Waals surface area contributed by atoms with Crippen molar-refractivity contribution in [1.82, 2.24) is 0 Å². The molecule has 4 rings (SSSR count). The molecular weight excluding hydrogens is 352 g/mol. The van der Waals surface area contributed by atoms with Crippen LogP contribution in [0.25, 0.3) is 0 Å². The predicted molar refractivity (Wildman–Crippen MR) is 124 cm³/mol. The largest absolute Gasteiger partial charge is 0.393 e. The molecule has 0 aromatic rings. The zero-order chi connectivity index (χ0) is 23.5. The van der Waals surface area contributed by atoms with Crippen LogP contribution in [0.1, 0.15) is 103 Å². The highest BCUT2D eigenvalue weighted by Gasteiger charge is 2.59. The summed E-state index contributed by atoms with van der Waals surface area (Å²) in [7, 11) is 0. The number of hydrogen-bond acceptors (Lipinski definition) is 1. The van der Waals surface area contributed by atoms with Crippen molar-refractivity contribution in [2.75, 3.05) is 0 Å². The van der Waals surface area contributed by atoms with Crippen LogP contribution in [0.4, 0.5) is 0 Å². The Labute approximate surface area is 184 Å². The summed E-state index contributed by atoms with van der Waals surface area (Å²) in [4.78, 5) is 0. The van der Waals surface area contributed by atoms with E-state index >= 15 is 0 Å². The fraction of sp³-hybridized carbons (Fsp3) is 0.857. The summed E-state index contributed by atoms with van der Waals surface area (Å²) in [6.45, 7) is 11.5. The van der Waals surface area contributed by atoms with Crippen LogP contribution in [0, 0.1) is 46.3 Å². The molecule has 0 bridgehead atoms. The first-order chi connectivity index (χ1) is 14.9. The monoisotopic (exact) mass is 401 g/mol. The minimum atomic E-state index is -1.93. The lowest BCUT2D eigenvalue weighted by Gasteiger charge is -2.58. The second kappa shape index (κ2) is 7.85. The number of allylic oxidation sites excluding steroid dienone is 2. The number of aliphatic hydroxyl groups is 1. The van der Waals surface area contributed by atoms with Crippen LogP contribution in [0.15, 0.2) is 23.8 Å². The van der Waals surface area contributed by atoms with Crippen molar-refractivity contribution in [3.8, 4) is 0 Å². The van der Waals surface area contributed by atoms with E-state index in [0.29, 0.717) is 16.7 Å². The van der Waals surface area contributed by atoms with E-state index in [-0.39, 0.29) is 6.10 Å². The summed E-state index contributed by atoms with van der Waals surface area (Å²) in [5.41, 5.74) is 3.20. The maximum atomic E-state index is 10.2. The highest BCUT2D eigenvalue weighted by Crippen LogP contribution is 2.67. The Hall–Kier alpha value is -0.560. The van der Waals surface area contributed by atoms with Gasteiger partial charge in [-0.05, 0) is 111 Å². The molecule has 1 unspecified atom stereocenters. The van der Waals surface area contributed by atoms with Gasteiger partial charge in [0.25, 0.3) is 0 Å². The molecule has 0 aliphatic heterocycles. The van der Waals surface area contributed by atoms with Crippen LogP contribution in [-0.2, 0) is 0 Å². The topological polar surface area (TPSA) is 20.2 Å². The quantitative estimate of drug-likeness (QED) is 0.471. The summed E-state index contributed by atoms with van der Waals surface area (Å²) < 4.78 is 23.1. The molecule has 164 valence electrons. The second-order valence-corrected chi connectivity index (χ2v) is 11.8. The van der Waals surface area contributed by atoms with Crippen molar-refractivity contribution in [3.05, 3.63) is 23.8 Å². The summed E-state index contributed by atoms with van der Waals surface area (Å²) in [5, 5.41) is 10.2. The smallest absolute Gasteiger partial charge is 0.0577 e. The third-order valence-electron chi connectivity index (χ3n) is 10.4. The molecule has 1 heteroatoms. The lowest BCUT2D eigenvalue weighted by Crippen LogP contribution is -2.50. The standard InChI is InChI=1S/C28H46O/c1-18(2)19(3)7-8-20(4)24-11-12-25-23-10-9-21-17-22(29)13-15-27(21,5)26(23)14-16-28(24,25)6/h9,18,20,22-26,29H,3,7-8,10-17H2,1-2,4-6H3/t20-,22+,23+,24-,25+,26+,27+,28-/m1/s1/i1D3/t18?,20-,22+,23+,24-,25+,26+,27+,28-. The first-order valence-corrected chi connectivity index (χ1v) is 12.4. The van der Waals surface area contributed by atoms with Crippen LogP contribution in [0.3, 0.4) is 0 Å². The van der Waals surface area contributed by atoms with E-state index < -0.39 is 12.8 Å². The van der Waals surface area contributed by atoms with E-state index in [4.69, 9.17) is 4.11 Å². The molecule has 0 aromatic carbocycles. The van der Waals surface area contributed by atoms with Crippen molar-refractivity contribution in [3.63, 3.8) is 0 Å². The Bertz CT molecular complexity index is 754. The Morgan fingerprint density at radius 2 is 2.00 bits per heavy atom. The van der Waals surface area contributed by atoms with Gasteiger partial charge in [0.1, 0.15) is 0 Å². The van der Waals surface area contributed by atoms with Gasteiger partial charge >= 0.3 is 0 Å². The molecule has 0 heterocycles. The molecule has 0 saturated heterocycles. The van der Waals surface area contributed by atoms with Gasteiger partial charge in [-0.15, -0.1) is 0 Å². The molecule has 1 nitrogen and oxygen atoms in total. The molecule has 0 amide bonds. The lowest BCUT2D eigenvalue weighted by atomic mass is 9.47. The minimum absolute atomic E-state index is 0.126. The van der Waals surface area contributed by atoms with E-state index in [1.54, 1.807) is 5.57 Å². The van der Waals surface area contributed by atoms with Crippen LogP contribution in [-0.4, -0.2) is 11.2 Å². The zero-order valence-electron chi connectivity index (χ0n) is 22.3. The van der Waals surface area contributed by atoms with Gasteiger partial charge in [0.05, 0.1) is 6.10 Å². The predicted octanol–water partition coefficient (Wildman–Crippen LogP) is 7.55. The molecule has 1 N–H and O–H groups in total. The molecule has 4 aliphatic rings. The molecule has 29 heavy (non-hydrogen) atoms. The Morgan fingerprint density at radius 1 is 1.21 bits per heavy atom. The highest BCUT2D eigenvalue weighted by atomic mass is 16.3. The fourth-order valence-electron chi connectivity index (χ4n) is 8.45. The number of rotatable bonds is 5. The molecular formula is C28H46O.